The van der Waals surface area contributed by atoms with Crippen LogP contribution in [-0.4, -0.2) is 132 Å². The molecule has 2 heterocycles. The fourth-order valence-electron chi connectivity index (χ4n) is 14.6. The zero-order valence-electron chi connectivity index (χ0n) is 62.8. The number of nitrogens with one attached hydrogen (secondary N) is 3. The average Bonchev–Trinajstić information content (AvgIpc) is 1.48. The van der Waals surface area contributed by atoms with Gasteiger partial charge in [-0.15, -0.1) is 0 Å². The average molecular weight is 1580 g/mol. The second-order valence-corrected chi connectivity index (χ2v) is 36.2. The molecule has 0 saturated heterocycles. The first-order valence-corrected chi connectivity index (χ1v) is 43.3. The summed E-state index contributed by atoms with van der Waals surface area (Å²) >= 11 is 0. The first-order valence-electron chi connectivity index (χ1n) is 37.2. The molecule has 2 aliphatic heterocycles. The molecule has 108 heavy (non-hydrogen) atoms. The lowest BCUT2D eigenvalue weighted by Gasteiger charge is -2.27. The quantitative estimate of drug-likeness (QED) is 0.00954. The predicted molar refractivity (Wildman–Crippen MR) is 406 cm³/mol. The number of anilines is 2. The molecular formula is C78H104F3N6O17S4+. The molecule has 8 N–H and O–H groups in total. The topological polar surface area (TPSA) is 352 Å². The van der Waals surface area contributed by atoms with Gasteiger partial charge in [0.05, 0.1) is 45.2 Å². The molecule has 592 valence electrons. The summed E-state index contributed by atoms with van der Waals surface area (Å²) in [7, 11) is -19.2. The monoisotopic (exact) mass is 1580 g/mol. The molecule has 4 aliphatic rings. The van der Waals surface area contributed by atoms with E-state index in [0.29, 0.717) is 68.7 Å². The number of benzene rings is 4. The second kappa shape index (κ2) is 37.0. The Bertz CT molecular complexity index is 4640. The summed E-state index contributed by atoms with van der Waals surface area (Å²) in [4.78, 5) is 51.7. The van der Waals surface area contributed by atoms with Crippen molar-refractivity contribution in [3.05, 3.63) is 142 Å². The Kier molecular flexibility index (Phi) is 29.4. The van der Waals surface area contributed by atoms with E-state index >= 15 is 13.2 Å². The summed E-state index contributed by atoms with van der Waals surface area (Å²) in [5, 5.41) is 23.4. The van der Waals surface area contributed by atoms with Crippen molar-refractivity contribution in [1.82, 2.24) is 10.6 Å². The molecule has 0 unspecified atom stereocenters. The molecule has 4 aromatic carbocycles. The van der Waals surface area contributed by atoms with Crippen LogP contribution in [0.25, 0.3) is 0 Å². The number of ether oxygens (including phenoxy) is 2. The summed E-state index contributed by atoms with van der Waals surface area (Å²) in [5.41, 5.74) is 4.75. The summed E-state index contributed by atoms with van der Waals surface area (Å²) in [6.45, 7) is 17.0. The van der Waals surface area contributed by atoms with Crippen molar-refractivity contribution in [3.63, 3.8) is 0 Å². The Labute approximate surface area is 633 Å². The lowest BCUT2D eigenvalue weighted by molar-refractivity contribution is -0.438. The van der Waals surface area contributed by atoms with E-state index in [1.165, 1.54) is 24.3 Å². The van der Waals surface area contributed by atoms with E-state index in [9.17, 15) is 67.1 Å². The first-order chi connectivity index (χ1) is 50.8. The third-order valence-corrected chi connectivity index (χ3v) is 24.8. The SMILES string of the molecule is CCCCC[N+]1=C(/C=C/C2=C(Oc3ccc(C[C@H](CC(=O)[C@H](CC(C)C)NC(=O)CCCOCCNC(=O)CCS(=O)(=O)c4c(F)c(F)c(S(N)(=O)=O)c(F)c4NC4CCCCCCC4)C(=O)O)cc3)C(=C/C=C3/N(CCCC)c4ccc(S(=O)(=O)O)cc4C3(C)C)/CCC2)C(C)(C)c2cc(S(=O)(=O)O)ccc21. The number of rotatable bonds is 37. The Hall–Kier alpha value is -7.58. The maximum Gasteiger partial charge on any atom is 0.307 e. The zero-order valence-corrected chi connectivity index (χ0v) is 66.0. The third-order valence-electron chi connectivity index (χ3n) is 20.4. The van der Waals surface area contributed by atoms with Crippen molar-refractivity contribution >= 4 is 86.4 Å². The summed E-state index contributed by atoms with van der Waals surface area (Å²) in [6, 6.07) is 14.6. The number of ketones is 1. The number of carboxylic acid groups (broad SMARTS) is 1. The van der Waals surface area contributed by atoms with Gasteiger partial charge in [-0.1, -0.05) is 105 Å². The van der Waals surface area contributed by atoms with Gasteiger partial charge < -0.3 is 35.4 Å². The fraction of sp³-hybridized carbons (Fsp3) is 0.526. The van der Waals surface area contributed by atoms with E-state index in [0.717, 1.165) is 103 Å². The fourth-order valence-corrected chi connectivity index (χ4v) is 17.8. The van der Waals surface area contributed by atoms with E-state index in [4.69, 9.17) is 14.6 Å². The van der Waals surface area contributed by atoms with Crippen LogP contribution in [-0.2, 0) is 81.3 Å². The Morgan fingerprint density at radius 3 is 1.99 bits per heavy atom. The number of hydrogen-bond donors (Lipinski definition) is 7. The molecule has 0 bridgehead atoms. The summed E-state index contributed by atoms with van der Waals surface area (Å²) in [5.74, 6) is -10.8. The zero-order chi connectivity index (χ0) is 79.3. The summed E-state index contributed by atoms with van der Waals surface area (Å²) < 4.78 is 183. The number of nitrogens with two attached hydrogens (primary N) is 1. The largest absolute Gasteiger partial charge is 0.481 e. The molecular weight excluding hydrogens is 1480 g/mol. The number of carbonyl (C=O) groups excluding carboxylic acids is 3. The first kappa shape index (κ1) is 86.0. The molecule has 2 amide bonds. The van der Waals surface area contributed by atoms with E-state index in [1.807, 2.05) is 65.8 Å². The van der Waals surface area contributed by atoms with Crippen LogP contribution < -0.4 is 30.7 Å². The lowest BCUT2D eigenvalue weighted by Crippen LogP contribution is -2.43. The molecule has 2 aliphatic carbocycles. The molecule has 0 aromatic heterocycles. The number of sulfone groups is 1. The van der Waals surface area contributed by atoms with Crippen LogP contribution >= 0.6 is 0 Å². The van der Waals surface area contributed by atoms with Gasteiger partial charge in [-0.25, -0.2) is 35.1 Å². The molecule has 8 rings (SSSR count). The highest BCUT2D eigenvalue weighted by Gasteiger charge is 2.46. The highest BCUT2D eigenvalue weighted by Crippen LogP contribution is 2.50. The van der Waals surface area contributed by atoms with Crippen molar-refractivity contribution in [3.8, 4) is 5.75 Å². The molecule has 4 aromatic rings. The number of Topliss-reactive ketones (excluding diaryl/α,β-unsaturated/α-hetero) is 1. The van der Waals surface area contributed by atoms with Crippen LogP contribution in [0.1, 0.15) is 200 Å². The number of unbranched alkanes of at least 4 members (excludes halogenated alkanes) is 3. The smallest absolute Gasteiger partial charge is 0.307 e. The minimum Gasteiger partial charge on any atom is -0.481 e. The number of nitrogens with zero attached hydrogens (tertiary/aromatic N) is 2. The molecule has 1 fully saturated rings. The molecule has 30 heteroatoms. The van der Waals surface area contributed by atoms with Crippen molar-refractivity contribution in [1.29, 1.82) is 0 Å². The van der Waals surface area contributed by atoms with Crippen LogP contribution in [0.2, 0.25) is 0 Å². The highest BCUT2D eigenvalue weighted by molar-refractivity contribution is 7.91. The van der Waals surface area contributed by atoms with E-state index < -0.39 is 144 Å². The Morgan fingerprint density at radius 2 is 1.36 bits per heavy atom. The maximum absolute atomic E-state index is 15.8. The second-order valence-electron chi connectivity index (χ2n) is 29.8. The lowest BCUT2D eigenvalue weighted by atomic mass is 9.81. The number of aliphatic carboxylic acids is 1. The molecule has 0 radical (unpaired) electrons. The van der Waals surface area contributed by atoms with Crippen LogP contribution in [0.3, 0.4) is 0 Å². The van der Waals surface area contributed by atoms with E-state index in [-0.39, 0.29) is 61.2 Å². The number of hydrogen-bond acceptors (Lipinski definition) is 16. The molecule has 1 saturated carbocycles. The molecule has 23 nitrogen and oxygen atoms in total. The molecule has 0 spiro atoms. The van der Waals surface area contributed by atoms with Crippen LogP contribution in [0, 0.1) is 29.3 Å². The number of primary sulfonamides is 1. The van der Waals surface area contributed by atoms with Crippen LogP contribution in [0.15, 0.2) is 127 Å². The normalized spacial score (nSPS) is 17.8. The minimum absolute atomic E-state index is 0.00970. The third kappa shape index (κ3) is 21.7. The highest BCUT2D eigenvalue weighted by atomic mass is 32.2. The van der Waals surface area contributed by atoms with Gasteiger partial charge in [-0.05, 0) is 161 Å². The Morgan fingerprint density at radius 1 is 0.722 bits per heavy atom. The van der Waals surface area contributed by atoms with Crippen molar-refractivity contribution in [2.45, 2.75) is 233 Å². The number of carbonyl (C=O) groups is 4. The number of carboxylic acids is 1. The van der Waals surface area contributed by atoms with Crippen molar-refractivity contribution < 1.29 is 94.3 Å². The van der Waals surface area contributed by atoms with Gasteiger partial charge in [0, 0.05) is 85.9 Å². The molecule has 2 atom stereocenters. The number of fused-ring (bicyclic) bond motifs is 2. The van der Waals surface area contributed by atoms with Gasteiger partial charge in [0.1, 0.15) is 22.9 Å². The number of amides is 2. The maximum atomic E-state index is 15.8. The number of allylic oxidation sites excluding steroid dienone is 7. The summed E-state index contributed by atoms with van der Waals surface area (Å²) in [6.07, 6.45) is 18.4. The van der Waals surface area contributed by atoms with Crippen LogP contribution in [0.5, 0.6) is 5.75 Å². The van der Waals surface area contributed by atoms with E-state index in [1.54, 1.807) is 36.4 Å². The number of halogens is 3. The van der Waals surface area contributed by atoms with Gasteiger partial charge >= 0.3 is 5.97 Å². The van der Waals surface area contributed by atoms with Gasteiger partial charge in [0.2, 0.25) is 27.5 Å². The minimum atomic E-state index is -5.21. The van der Waals surface area contributed by atoms with Gasteiger partial charge in [-0.2, -0.15) is 21.4 Å². The predicted octanol–water partition coefficient (Wildman–Crippen LogP) is 13.3. The van der Waals surface area contributed by atoms with Gasteiger partial charge in [0.25, 0.3) is 20.2 Å². The number of sulfonamides is 1. The van der Waals surface area contributed by atoms with Crippen molar-refractivity contribution in [2.24, 2.45) is 17.0 Å². The standard InChI is InChI=1S/C78H103F3N6O17S4/c1-9-11-18-41-87-63-35-33-58(108(100,101)102)49-60(63)78(7,8)66(87)37-29-53-22-19-21-52(28-36-65-77(5,6)59-48-57(107(97,98)99)32-34-62(59)86(65)40-12-10-2)73(53)104-56-30-26-51(27-31-56)46-54(76(91)92)47-64(88)61(45-50(3)4)85-68(90)25-20-42-103-43-39-83-67(89)38-44-105(93,94)75-70(80)69(79)74(106(82,95)96)71(81)72(75)84-55-23-16-14-13-15-17-24-55/h26-37,48-50,54-55,61,84H,9-25,38-47H2,1-8H3,(H6-,82,83,85,89,90,91,92,95,96,97,98,99,100,101,102)/p+1/t54-,61+/m1/s1. The van der Waals surface area contributed by atoms with E-state index in [2.05, 4.69) is 39.3 Å². The van der Waals surface area contributed by atoms with Gasteiger partial charge in [-0.3, -0.25) is 28.3 Å². The Balaban J connectivity index is 0.928. The van der Waals surface area contributed by atoms with Crippen LogP contribution in [0.4, 0.5) is 30.2 Å². The van der Waals surface area contributed by atoms with Gasteiger partial charge in [0.15, 0.2) is 43.7 Å². The van der Waals surface area contributed by atoms with Crippen molar-refractivity contribution in [2.75, 3.05) is 48.8 Å².